The van der Waals surface area contributed by atoms with Crippen molar-refractivity contribution in [3.8, 4) is 23.3 Å². The number of hydrogen-bond donors (Lipinski definition) is 0. The smallest absolute Gasteiger partial charge is 0.319 e. The molecule has 2 saturated heterocycles. The fourth-order valence-corrected chi connectivity index (χ4v) is 7.28. The molecule has 2 aromatic heterocycles. The van der Waals surface area contributed by atoms with Gasteiger partial charge in [-0.2, -0.15) is 15.2 Å². The maximum Gasteiger partial charge on any atom is 0.319 e. The van der Waals surface area contributed by atoms with Crippen molar-refractivity contribution in [1.82, 2.24) is 24.8 Å². The molecule has 3 atom stereocenters. The molecule has 0 radical (unpaired) electrons. The minimum Gasteiger partial charge on any atom is -0.461 e. The number of carbonyl (C=O) groups is 1. The summed E-state index contributed by atoms with van der Waals surface area (Å²) in [6.45, 7) is 6.15. The predicted octanol–water partition coefficient (Wildman–Crippen LogP) is 5.23. The van der Waals surface area contributed by atoms with Crippen LogP contribution in [-0.2, 0) is 4.79 Å². The maximum absolute atomic E-state index is 16.7. The normalized spacial score (nSPS) is 23.0. The van der Waals surface area contributed by atoms with Crippen LogP contribution in [-0.4, -0.2) is 82.1 Å². The minimum atomic E-state index is -0.599. The number of nitriles is 1. The van der Waals surface area contributed by atoms with Crippen LogP contribution in [0.4, 0.5) is 10.2 Å². The van der Waals surface area contributed by atoms with E-state index in [9.17, 15) is 10.1 Å². The Balaban J connectivity index is 1.33. The molecule has 44 heavy (non-hydrogen) atoms. The number of carbonyl (C=O) groups excluding carboxylic acids is 1. The Morgan fingerprint density at radius 2 is 2.07 bits per heavy atom. The predicted molar refractivity (Wildman–Crippen MR) is 167 cm³/mol. The minimum absolute atomic E-state index is 0.0330. The summed E-state index contributed by atoms with van der Waals surface area (Å²) in [5.74, 6) is 0.208. The molecule has 3 aliphatic rings. The molecule has 7 rings (SSSR count). The number of hydrogen-bond acceptors (Lipinski definition) is 8. The van der Waals surface area contributed by atoms with E-state index in [4.69, 9.17) is 21.3 Å². The van der Waals surface area contributed by atoms with Gasteiger partial charge in [0.05, 0.1) is 29.5 Å². The summed E-state index contributed by atoms with van der Waals surface area (Å²) in [5.41, 5.74) is 0.749. The van der Waals surface area contributed by atoms with Crippen molar-refractivity contribution in [2.24, 2.45) is 5.92 Å². The molecule has 0 bridgehead atoms. The van der Waals surface area contributed by atoms with Crippen molar-refractivity contribution in [2.75, 3.05) is 44.7 Å². The highest BCUT2D eigenvalue weighted by molar-refractivity contribution is 6.36. The largest absolute Gasteiger partial charge is 0.461 e. The van der Waals surface area contributed by atoms with Crippen LogP contribution >= 0.6 is 11.6 Å². The Morgan fingerprint density at radius 3 is 2.80 bits per heavy atom. The SMILES string of the molecule is C=CC(=O)N1CCN(c2nc(OCC34CC3CCN4C)nc3c(F)c(-c4cccc5cccc(Cl)c45)ncc23)C[C@@H]1CC#N. The monoisotopic (exact) mass is 611 g/mol. The van der Waals surface area contributed by atoms with Gasteiger partial charge in [-0.3, -0.25) is 14.7 Å². The highest BCUT2D eigenvalue weighted by Gasteiger charge is 2.61. The molecule has 224 valence electrons. The first-order valence-corrected chi connectivity index (χ1v) is 15.1. The number of pyridine rings is 1. The Hall–Kier alpha value is -4.33. The number of likely N-dealkylation sites (N-methyl/N-ethyl adjacent to an activating group) is 1. The molecule has 1 amide bonds. The number of nitrogens with zero attached hydrogens (tertiary/aromatic N) is 7. The highest BCUT2D eigenvalue weighted by atomic mass is 35.5. The van der Waals surface area contributed by atoms with Crippen LogP contribution in [0.25, 0.3) is 32.9 Å². The molecule has 4 heterocycles. The van der Waals surface area contributed by atoms with Crippen LogP contribution in [0.3, 0.4) is 0 Å². The van der Waals surface area contributed by atoms with E-state index >= 15 is 4.39 Å². The third kappa shape index (κ3) is 4.62. The zero-order chi connectivity index (χ0) is 30.6. The molecule has 3 fully saturated rings. The molecular weight excluding hydrogens is 581 g/mol. The fourth-order valence-electron chi connectivity index (χ4n) is 7.00. The number of halogens is 2. The van der Waals surface area contributed by atoms with Crippen molar-refractivity contribution < 1.29 is 13.9 Å². The van der Waals surface area contributed by atoms with Gasteiger partial charge in [0.1, 0.15) is 23.6 Å². The molecule has 2 aromatic carbocycles. The maximum atomic E-state index is 16.7. The number of ether oxygens (including phenoxy) is 1. The molecular formula is C33H31ClFN7O2. The molecule has 0 spiro atoms. The van der Waals surface area contributed by atoms with Gasteiger partial charge in [0.15, 0.2) is 5.82 Å². The lowest BCUT2D eigenvalue weighted by Gasteiger charge is -2.41. The Kier molecular flexibility index (Phi) is 7.10. The molecule has 11 heteroatoms. The summed E-state index contributed by atoms with van der Waals surface area (Å²) in [6, 6.07) is 13.0. The average molecular weight is 612 g/mol. The van der Waals surface area contributed by atoms with E-state index in [1.807, 2.05) is 29.2 Å². The highest BCUT2D eigenvalue weighted by Crippen LogP contribution is 2.54. The van der Waals surface area contributed by atoms with Gasteiger partial charge in [-0.15, -0.1) is 0 Å². The number of rotatable bonds is 7. The van der Waals surface area contributed by atoms with Gasteiger partial charge >= 0.3 is 6.01 Å². The summed E-state index contributed by atoms with van der Waals surface area (Å²) in [5, 5.41) is 12.0. The number of aromatic nitrogens is 3. The first-order valence-electron chi connectivity index (χ1n) is 14.8. The van der Waals surface area contributed by atoms with Crippen molar-refractivity contribution in [3.05, 3.63) is 66.1 Å². The second-order valence-electron chi connectivity index (χ2n) is 11.9. The third-order valence-electron chi connectivity index (χ3n) is 9.54. The average Bonchev–Trinajstić information content (AvgIpc) is 3.68. The van der Waals surface area contributed by atoms with E-state index in [-0.39, 0.29) is 41.1 Å². The number of amides is 1. The van der Waals surface area contributed by atoms with Crippen LogP contribution in [0.1, 0.15) is 19.3 Å². The van der Waals surface area contributed by atoms with Gasteiger partial charge in [0.25, 0.3) is 0 Å². The quantitative estimate of drug-likeness (QED) is 0.262. The Bertz CT molecular complexity index is 1860. The van der Waals surface area contributed by atoms with E-state index in [0.717, 1.165) is 24.8 Å². The van der Waals surface area contributed by atoms with Gasteiger partial charge in [-0.25, -0.2) is 4.39 Å². The summed E-state index contributed by atoms with van der Waals surface area (Å²) in [4.78, 5) is 32.5. The molecule has 2 unspecified atom stereocenters. The van der Waals surface area contributed by atoms with Crippen LogP contribution < -0.4 is 9.64 Å². The van der Waals surface area contributed by atoms with Crippen LogP contribution in [0.15, 0.2) is 55.3 Å². The summed E-state index contributed by atoms with van der Waals surface area (Å²) in [7, 11) is 2.11. The van der Waals surface area contributed by atoms with Gasteiger partial charge in [0.2, 0.25) is 5.91 Å². The number of anilines is 1. The number of benzene rings is 2. The van der Waals surface area contributed by atoms with E-state index < -0.39 is 5.82 Å². The van der Waals surface area contributed by atoms with Crippen LogP contribution in [0.2, 0.25) is 5.02 Å². The zero-order valence-electron chi connectivity index (χ0n) is 24.3. The first-order chi connectivity index (χ1) is 21.3. The number of piperazine rings is 1. The van der Waals surface area contributed by atoms with Gasteiger partial charge in [0, 0.05) is 41.8 Å². The van der Waals surface area contributed by atoms with Crippen molar-refractivity contribution in [1.29, 1.82) is 5.26 Å². The van der Waals surface area contributed by atoms with Crippen LogP contribution in [0.5, 0.6) is 6.01 Å². The summed E-state index contributed by atoms with van der Waals surface area (Å²) >= 11 is 6.59. The Morgan fingerprint density at radius 1 is 1.25 bits per heavy atom. The van der Waals surface area contributed by atoms with Crippen LogP contribution in [0, 0.1) is 23.1 Å². The number of fused-ring (bicyclic) bond motifs is 3. The molecule has 2 aliphatic heterocycles. The van der Waals surface area contributed by atoms with E-state index in [1.165, 1.54) is 6.08 Å². The molecule has 9 nitrogen and oxygen atoms in total. The lowest BCUT2D eigenvalue weighted by molar-refractivity contribution is -0.128. The topological polar surface area (TPSA) is 98.5 Å². The van der Waals surface area contributed by atoms with E-state index in [2.05, 4.69) is 34.6 Å². The fraction of sp³-hybridized carbons (Fsp3) is 0.364. The van der Waals surface area contributed by atoms with Gasteiger partial charge < -0.3 is 14.5 Å². The third-order valence-corrected chi connectivity index (χ3v) is 9.86. The summed E-state index contributed by atoms with van der Waals surface area (Å²) < 4.78 is 22.9. The van der Waals surface area contributed by atoms with E-state index in [0.29, 0.717) is 59.3 Å². The van der Waals surface area contributed by atoms with Crippen molar-refractivity contribution in [2.45, 2.75) is 30.8 Å². The lowest BCUT2D eigenvalue weighted by atomic mass is 10.0. The van der Waals surface area contributed by atoms with Gasteiger partial charge in [-0.1, -0.05) is 48.5 Å². The Labute approximate surface area is 259 Å². The summed E-state index contributed by atoms with van der Waals surface area (Å²) in [6.07, 6.45) is 5.18. The second-order valence-corrected chi connectivity index (χ2v) is 12.3. The first kappa shape index (κ1) is 28.4. The van der Waals surface area contributed by atoms with Gasteiger partial charge in [-0.05, 0) is 49.9 Å². The zero-order valence-corrected chi connectivity index (χ0v) is 25.1. The van der Waals surface area contributed by atoms with E-state index in [1.54, 1.807) is 23.2 Å². The molecule has 4 aromatic rings. The molecule has 1 aliphatic carbocycles. The standard InChI is InChI=1S/C33H31ClFN7O2/c1-3-26(43)42-15-14-41(18-22(42)10-12-36)31-24-17-37-29(23-8-4-6-20-7-5-9-25(34)27(20)23)28(35)30(24)38-32(39-31)44-19-33-16-21(33)11-13-40(33)2/h3-9,17,21-22H,1,10-11,13-16,18-19H2,2H3/t21?,22-,33?/m0/s1. The van der Waals surface area contributed by atoms with Crippen molar-refractivity contribution in [3.63, 3.8) is 0 Å². The second kappa shape index (κ2) is 11.0. The van der Waals surface area contributed by atoms with Crippen molar-refractivity contribution >= 4 is 45.0 Å². The molecule has 1 saturated carbocycles. The lowest BCUT2D eigenvalue weighted by Crippen LogP contribution is -2.55. The number of likely N-dealkylation sites (tertiary alicyclic amines) is 1. The molecule has 0 N–H and O–H groups in total. The number of piperidine rings is 1.